The van der Waals surface area contributed by atoms with Gasteiger partial charge in [-0.1, -0.05) is 44.2 Å². The van der Waals surface area contributed by atoms with Gasteiger partial charge in [-0.25, -0.2) is 9.59 Å². The largest absolute Gasteiger partial charge is 0.509 e. The molecule has 4 heterocycles. The lowest BCUT2D eigenvalue weighted by Crippen LogP contribution is -2.53. The first-order valence-electron chi connectivity index (χ1n) is 17.5. The van der Waals surface area contributed by atoms with Crippen molar-refractivity contribution in [2.45, 2.75) is 83.4 Å². The molecule has 4 aliphatic heterocycles. The molecule has 252 valence electrons. The van der Waals surface area contributed by atoms with Gasteiger partial charge in [0, 0.05) is 56.9 Å². The van der Waals surface area contributed by atoms with Crippen LogP contribution < -0.4 is 10.8 Å². The minimum Gasteiger partial charge on any atom is -0.509 e. The van der Waals surface area contributed by atoms with E-state index in [4.69, 9.17) is 4.74 Å². The molecule has 0 spiro atoms. The number of nitrogens with zero attached hydrogens (tertiary/aromatic N) is 4. The number of piperidine rings is 3. The van der Waals surface area contributed by atoms with Crippen molar-refractivity contribution in [2.24, 2.45) is 5.41 Å². The molecule has 3 fully saturated rings. The van der Waals surface area contributed by atoms with Crippen LogP contribution in [-0.2, 0) is 22.4 Å². The number of para-hydroxylation sites is 1. The molecule has 2 N–H and O–H groups in total. The number of likely N-dealkylation sites (tertiary alicyclic amines) is 3. The number of phenolic OH excluding ortho intramolecular Hbond substituents is 1. The third-order valence-corrected chi connectivity index (χ3v) is 11.0. The summed E-state index contributed by atoms with van der Waals surface area (Å²) in [6, 6.07) is 13.6. The number of ether oxygens (including phenoxy) is 1. The fourth-order valence-corrected chi connectivity index (χ4v) is 7.68. The summed E-state index contributed by atoms with van der Waals surface area (Å²) < 4.78 is 6.04. The van der Waals surface area contributed by atoms with E-state index in [0.29, 0.717) is 62.5 Å². The minimum absolute atomic E-state index is 0.0260. The van der Waals surface area contributed by atoms with E-state index in [1.54, 1.807) is 17.0 Å². The number of nitrogens with one attached hydrogen (secondary N) is 1. The van der Waals surface area contributed by atoms with Gasteiger partial charge in [0.05, 0.1) is 0 Å². The Hall–Kier alpha value is -3.73. The quantitative estimate of drug-likeness (QED) is 0.468. The molecule has 2 aromatic rings. The molecule has 1 atom stereocenters. The summed E-state index contributed by atoms with van der Waals surface area (Å²) in [5.74, 6) is 0.0413. The van der Waals surface area contributed by atoms with Crippen molar-refractivity contribution in [1.82, 2.24) is 19.6 Å². The maximum atomic E-state index is 14.0. The molecule has 0 radical (unpaired) electrons. The number of amides is 4. The SMILES string of the molecule is Bc1cc(C[C@@H](OC(=O)N2CCC(N3CCc4ccccc4NC3=O)CC2)C(=O)N2CCC(N3CCC(C)(C)CC3)CC2)ccc1O. The number of phenols is 1. The highest BCUT2D eigenvalue weighted by Gasteiger charge is 2.37. The summed E-state index contributed by atoms with van der Waals surface area (Å²) in [4.78, 5) is 48.7. The lowest BCUT2D eigenvalue weighted by Gasteiger charge is -2.44. The number of hydrogen-bond acceptors (Lipinski definition) is 6. The number of benzene rings is 2. The zero-order chi connectivity index (χ0) is 33.1. The van der Waals surface area contributed by atoms with Crippen molar-refractivity contribution in [3.8, 4) is 5.75 Å². The summed E-state index contributed by atoms with van der Waals surface area (Å²) in [6.07, 6.45) is 5.14. The number of aromatic hydroxyl groups is 1. The van der Waals surface area contributed by atoms with Gasteiger partial charge in [-0.15, -0.1) is 0 Å². The lowest BCUT2D eigenvalue weighted by molar-refractivity contribution is -0.142. The highest BCUT2D eigenvalue weighted by molar-refractivity contribution is 6.34. The average Bonchev–Trinajstić information content (AvgIpc) is 3.24. The summed E-state index contributed by atoms with van der Waals surface area (Å²) in [5.41, 5.74) is 3.95. The van der Waals surface area contributed by atoms with Crippen molar-refractivity contribution < 1.29 is 24.2 Å². The lowest BCUT2D eigenvalue weighted by atomic mass is 9.82. The Kier molecular flexibility index (Phi) is 10.0. The maximum Gasteiger partial charge on any atom is 0.410 e. The monoisotopic (exact) mass is 643 g/mol. The minimum atomic E-state index is -0.952. The molecule has 0 unspecified atom stereocenters. The molecule has 6 rings (SSSR count). The van der Waals surface area contributed by atoms with Crippen LogP contribution in [0.3, 0.4) is 0 Å². The molecule has 0 aromatic heterocycles. The van der Waals surface area contributed by atoms with Crippen LogP contribution in [0.4, 0.5) is 15.3 Å². The third kappa shape index (κ3) is 7.88. The second kappa shape index (κ2) is 14.2. The standard InChI is InChI=1S/C36H50BN5O5/c1-36(2)14-21-39(22-15-36)27-10-16-40(17-11-27)33(44)32(24-25-7-8-31(43)29(37)23-25)47-35(46)41-18-12-28(13-19-41)42-20-9-26-5-3-4-6-30(26)38-34(42)45/h3-8,23,27-28,32,43H,9-22,24,37H2,1-2H3,(H,38,45)/t32-/m1/s1. The number of anilines is 1. The third-order valence-electron chi connectivity index (χ3n) is 11.0. The van der Waals surface area contributed by atoms with Gasteiger partial charge >= 0.3 is 12.1 Å². The van der Waals surface area contributed by atoms with Crippen LogP contribution in [0.15, 0.2) is 42.5 Å². The van der Waals surface area contributed by atoms with Crippen LogP contribution in [0.2, 0.25) is 0 Å². The normalized spacial score (nSPS) is 21.8. The Morgan fingerprint density at radius 1 is 0.936 bits per heavy atom. The van der Waals surface area contributed by atoms with E-state index in [-0.39, 0.29) is 30.2 Å². The van der Waals surface area contributed by atoms with Crippen molar-refractivity contribution in [1.29, 1.82) is 0 Å². The Morgan fingerprint density at radius 2 is 1.60 bits per heavy atom. The van der Waals surface area contributed by atoms with Crippen LogP contribution in [0.5, 0.6) is 5.75 Å². The van der Waals surface area contributed by atoms with Gasteiger partial charge in [0.2, 0.25) is 0 Å². The van der Waals surface area contributed by atoms with Crippen LogP contribution >= 0.6 is 0 Å². The predicted octanol–water partition coefficient (Wildman–Crippen LogP) is 3.37. The summed E-state index contributed by atoms with van der Waals surface area (Å²) in [6.45, 7) is 9.76. The Bertz CT molecular complexity index is 1440. The van der Waals surface area contributed by atoms with Gasteiger partial charge < -0.3 is 34.8 Å². The summed E-state index contributed by atoms with van der Waals surface area (Å²) in [7, 11) is 1.82. The van der Waals surface area contributed by atoms with Crippen molar-refractivity contribution in [2.75, 3.05) is 51.1 Å². The number of fused-ring (bicyclic) bond motifs is 1. The number of urea groups is 1. The second-order valence-corrected chi connectivity index (χ2v) is 14.7. The van der Waals surface area contributed by atoms with Crippen molar-refractivity contribution in [3.05, 3.63) is 53.6 Å². The van der Waals surface area contributed by atoms with E-state index in [2.05, 4.69) is 24.1 Å². The molecule has 47 heavy (non-hydrogen) atoms. The first-order valence-corrected chi connectivity index (χ1v) is 17.5. The molecular formula is C36H50BN5O5. The van der Waals surface area contributed by atoms with Crippen molar-refractivity contribution in [3.63, 3.8) is 0 Å². The number of carbonyl (C=O) groups excluding carboxylic acids is 3. The first-order chi connectivity index (χ1) is 22.6. The van der Waals surface area contributed by atoms with E-state index >= 15 is 0 Å². The maximum absolute atomic E-state index is 14.0. The average molecular weight is 644 g/mol. The first kappa shape index (κ1) is 33.2. The molecule has 4 amide bonds. The highest BCUT2D eigenvalue weighted by Crippen LogP contribution is 2.32. The molecule has 0 saturated carbocycles. The molecule has 3 saturated heterocycles. The molecule has 4 aliphatic rings. The number of hydrogen-bond donors (Lipinski definition) is 2. The Morgan fingerprint density at radius 3 is 2.30 bits per heavy atom. The van der Waals surface area contributed by atoms with Gasteiger partial charge in [-0.2, -0.15) is 0 Å². The van der Waals surface area contributed by atoms with Crippen LogP contribution in [-0.4, -0.2) is 115 Å². The fraction of sp³-hybridized carbons (Fsp3) is 0.583. The van der Waals surface area contributed by atoms with Gasteiger partial charge in [-0.3, -0.25) is 4.79 Å². The highest BCUT2D eigenvalue weighted by atomic mass is 16.6. The van der Waals surface area contributed by atoms with E-state index in [1.807, 2.05) is 48.0 Å². The fourth-order valence-electron chi connectivity index (χ4n) is 7.68. The van der Waals surface area contributed by atoms with E-state index < -0.39 is 12.2 Å². The van der Waals surface area contributed by atoms with Gasteiger partial charge in [0.15, 0.2) is 6.10 Å². The van der Waals surface area contributed by atoms with Gasteiger partial charge in [-0.05, 0) is 92.2 Å². The topological polar surface area (TPSA) is 106 Å². The number of rotatable bonds is 6. The molecule has 11 heteroatoms. The molecule has 0 bridgehead atoms. The van der Waals surface area contributed by atoms with Gasteiger partial charge in [0.25, 0.3) is 5.91 Å². The molecular weight excluding hydrogens is 593 g/mol. The molecule has 2 aromatic carbocycles. The number of carbonyl (C=O) groups is 3. The van der Waals surface area contributed by atoms with Gasteiger partial charge in [0.1, 0.15) is 13.6 Å². The smallest absolute Gasteiger partial charge is 0.410 e. The van der Waals surface area contributed by atoms with Crippen LogP contribution in [0.1, 0.15) is 63.5 Å². The predicted molar refractivity (Wildman–Crippen MR) is 185 cm³/mol. The van der Waals surface area contributed by atoms with E-state index in [0.717, 1.165) is 49.2 Å². The molecule has 0 aliphatic carbocycles. The van der Waals surface area contributed by atoms with E-state index in [9.17, 15) is 19.5 Å². The van der Waals surface area contributed by atoms with E-state index in [1.165, 1.54) is 12.8 Å². The van der Waals surface area contributed by atoms with Crippen molar-refractivity contribution >= 4 is 37.0 Å². The second-order valence-electron chi connectivity index (χ2n) is 14.7. The Balaban J connectivity index is 1.06. The zero-order valence-electron chi connectivity index (χ0n) is 28.2. The van der Waals surface area contributed by atoms with Crippen LogP contribution in [0.25, 0.3) is 0 Å². The van der Waals surface area contributed by atoms with Crippen LogP contribution in [0, 0.1) is 5.41 Å². The summed E-state index contributed by atoms with van der Waals surface area (Å²) in [5, 5.41) is 13.1. The molecule has 10 nitrogen and oxygen atoms in total. The Labute approximate surface area is 279 Å². The summed E-state index contributed by atoms with van der Waals surface area (Å²) >= 11 is 0. The zero-order valence-corrected chi connectivity index (χ0v) is 28.2.